The van der Waals surface area contributed by atoms with Crippen LogP contribution in [0.25, 0.3) is 16.9 Å². The van der Waals surface area contributed by atoms with Crippen LogP contribution in [0.2, 0.25) is 5.02 Å². The van der Waals surface area contributed by atoms with Gasteiger partial charge in [0.15, 0.2) is 11.6 Å². The first-order valence-corrected chi connectivity index (χ1v) is 7.50. The molecule has 0 saturated heterocycles. The second kappa shape index (κ2) is 6.33. The van der Waals surface area contributed by atoms with Gasteiger partial charge in [-0.2, -0.15) is 0 Å². The molecule has 0 saturated carbocycles. The van der Waals surface area contributed by atoms with Crippen LogP contribution in [0.5, 0.6) is 5.75 Å². The molecule has 0 spiro atoms. The van der Waals surface area contributed by atoms with Gasteiger partial charge in [-0.05, 0) is 30.3 Å². The largest absolute Gasteiger partial charge is 0.494 e. The van der Waals surface area contributed by atoms with Gasteiger partial charge in [-0.25, -0.2) is 22.5 Å². The van der Waals surface area contributed by atoms with E-state index in [4.69, 9.17) is 16.3 Å². The highest BCUT2D eigenvalue weighted by Gasteiger charge is 2.26. The minimum Gasteiger partial charge on any atom is -0.494 e. The highest BCUT2D eigenvalue weighted by atomic mass is 35.5. The fourth-order valence-corrected chi connectivity index (χ4v) is 2.91. The van der Waals surface area contributed by atoms with Crippen LogP contribution in [0.3, 0.4) is 0 Å². The molecule has 3 rings (SSSR count). The van der Waals surface area contributed by atoms with Crippen LogP contribution in [-0.2, 0) is 7.05 Å². The molecule has 1 aromatic heterocycles. The molecule has 4 nitrogen and oxygen atoms in total. The number of nitrogens with zero attached hydrogens (tertiary/aromatic N) is 2. The fourth-order valence-electron chi connectivity index (χ4n) is 2.61. The van der Waals surface area contributed by atoms with E-state index in [0.717, 1.165) is 27.6 Å². The number of ether oxygens (including phenoxy) is 1. The molecule has 0 fully saturated rings. The van der Waals surface area contributed by atoms with Crippen LogP contribution >= 0.6 is 11.6 Å². The number of hydrogen-bond acceptors (Lipinski definition) is 2. The second-order valence-electron chi connectivity index (χ2n) is 5.22. The summed E-state index contributed by atoms with van der Waals surface area (Å²) in [5.74, 6) is -2.74. The van der Waals surface area contributed by atoms with Crippen molar-refractivity contribution < 1.29 is 17.9 Å². The molecule has 3 aromatic rings. The first-order valence-electron chi connectivity index (χ1n) is 7.12. The molecule has 0 unspecified atom stereocenters. The van der Waals surface area contributed by atoms with Gasteiger partial charge in [0.05, 0.1) is 18.4 Å². The van der Waals surface area contributed by atoms with Crippen molar-refractivity contribution in [2.75, 3.05) is 7.11 Å². The van der Waals surface area contributed by atoms with Crippen LogP contribution < -0.4 is 10.3 Å². The van der Waals surface area contributed by atoms with Crippen molar-refractivity contribution in [2.24, 2.45) is 7.05 Å². The second-order valence-corrected chi connectivity index (χ2v) is 5.60. The van der Waals surface area contributed by atoms with Gasteiger partial charge < -0.3 is 4.74 Å². The van der Waals surface area contributed by atoms with E-state index >= 15 is 0 Å². The number of halogens is 4. The quantitative estimate of drug-likeness (QED) is 0.702. The summed E-state index contributed by atoms with van der Waals surface area (Å²) in [5.41, 5.74) is -1.26. The van der Waals surface area contributed by atoms with Gasteiger partial charge >= 0.3 is 0 Å². The standard InChI is InChI=1S/C17H12ClF3N2O2/c1-22-17(24)14(18)16(23(22)10-5-3-4-9(19)8-10)13-11(20)6-7-12(25-2)15(13)21/h3-8H,1-2H3. The smallest absolute Gasteiger partial charge is 0.286 e. The highest BCUT2D eigenvalue weighted by Crippen LogP contribution is 2.36. The summed E-state index contributed by atoms with van der Waals surface area (Å²) in [7, 11) is 2.59. The summed E-state index contributed by atoms with van der Waals surface area (Å²) in [5, 5.41) is -0.391. The summed E-state index contributed by atoms with van der Waals surface area (Å²) in [6, 6.07) is 7.34. The van der Waals surface area contributed by atoms with E-state index in [9.17, 15) is 18.0 Å². The SMILES string of the molecule is COc1ccc(F)c(-c2c(Cl)c(=O)n(C)n2-c2cccc(F)c2)c1F. The lowest BCUT2D eigenvalue weighted by Gasteiger charge is -2.14. The number of benzene rings is 2. The molecule has 0 radical (unpaired) electrons. The lowest BCUT2D eigenvalue weighted by molar-refractivity contribution is 0.385. The predicted molar refractivity (Wildman–Crippen MR) is 87.9 cm³/mol. The summed E-state index contributed by atoms with van der Waals surface area (Å²) >= 11 is 6.06. The Hall–Kier alpha value is -2.67. The van der Waals surface area contributed by atoms with E-state index in [0.29, 0.717) is 0 Å². The molecular formula is C17H12ClF3N2O2. The van der Waals surface area contributed by atoms with Crippen LogP contribution in [-0.4, -0.2) is 16.5 Å². The third-order valence-electron chi connectivity index (χ3n) is 3.77. The average molecular weight is 369 g/mol. The minimum absolute atomic E-state index is 0.183. The van der Waals surface area contributed by atoms with Crippen molar-refractivity contribution in [3.8, 4) is 22.7 Å². The zero-order valence-electron chi connectivity index (χ0n) is 13.2. The fraction of sp³-hybridized carbons (Fsp3) is 0.118. The molecule has 1 heterocycles. The molecule has 2 aromatic carbocycles. The van der Waals surface area contributed by atoms with Crippen LogP contribution in [0.4, 0.5) is 13.2 Å². The molecule has 25 heavy (non-hydrogen) atoms. The number of methoxy groups -OCH3 is 1. The first-order chi connectivity index (χ1) is 11.9. The highest BCUT2D eigenvalue weighted by molar-refractivity contribution is 6.33. The number of hydrogen-bond donors (Lipinski definition) is 0. The Balaban J connectivity index is 2.43. The Bertz CT molecular complexity index is 1030. The lowest BCUT2D eigenvalue weighted by Crippen LogP contribution is -2.18. The van der Waals surface area contributed by atoms with Crippen molar-refractivity contribution in [3.05, 3.63) is 69.2 Å². The van der Waals surface area contributed by atoms with E-state index in [1.807, 2.05) is 0 Å². The molecular weight excluding hydrogens is 357 g/mol. The third-order valence-corrected chi connectivity index (χ3v) is 4.11. The van der Waals surface area contributed by atoms with Gasteiger partial charge in [-0.3, -0.25) is 4.79 Å². The molecule has 0 atom stereocenters. The topological polar surface area (TPSA) is 36.2 Å². The van der Waals surface area contributed by atoms with Gasteiger partial charge in [-0.15, -0.1) is 0 Å². The normalized spacial score (nSPS) is 11.0. The van der Waals surface area contributed by atoms with Crippen LogP contribution in [0, 0.1) is 17.5 Å². The zero-order chi connectivity index (χ0) is 18.3. The Morgan fingerprint density at radius 1 is 1.12 bits per heavy atom. The Labute approximate surface area is 145 Å². The van der Waals surface area contributed by atoms with E-state index in [1.54, 1.807) is 0 Å². The van der Waals surface area contributed by atoms with Gasteiger partial charge in [0.25, 0.3) is 5.56 Å². The third kappa shape index (κ3) is 2.70. The summed E-state index contributed by atoms with van der Waals surface area (Å²) < 4.78 is 49.7. The maximum absolute atomic E-state index is 14.7. The maximum atomic E-state index is 14.7. The van der Waals surface area contributed by atoms with Crippen molar-refractivity contribution in [3.63, 3.8) is 0 Å². The van der Waals surface area contributed by atoms with E-state index in [1.165, 1.54) is 32.4 Å². The van der Waals surface area contributed by atoms with Gasteiger partial charge in [-0.1, -0.05) is 17.7 Å². The van der Waals surface area contributed by atoms with Crippen LogP contribution in [0.15, 0.2) is 41.2 Å². The average Bonchev–Trinajstić information content (AvgIpc) is 2.80. The van der Waals surface area contributed by atoms with Crippen molar-refractivity contribution in [1.82, 2.24) is 9.36 Å². The van der Waals surface area contributed by atoms with Crippen molar-refractivity contribution >= 4 is 11.6 Å². The molecule has 0 aliphatic rings. The summed E-state index contributed by atoms with van der Waals surface area (Å²) in [6.45, 7) is 0. The van der Waals surface area contributed by atoms with Crippen LogP contribution in [0.1, 0.15) is 0 Å². The van der Waals surface area contributed by atoms with Gasteiger partial charge in [0.1, 0.15) is 22.4 Å². The van der Waals surface area contributed by atoms with E-state index in [-0.39, 0.29) is 17.1 Å². The van der Waals surface area contributed by atoms with Crippen molar-refractivity contribution in [1.29, 1.82) is 0 Å². The monoisotopic (exact) mass is 368 g/mol. The summed E-state index contributed by atoms with van der Waals surface area (Å²) in [6.07, 6.45) is 0. The molecule has 0 N–H and O–H groups in total. The van der Waals surface area contributed by atoms with Gasteiger partial charge in [0, 0.05) is 7.05 Å². The minimum atomic E-state index is -1.01. The molecule has 0 amide bonds. The maximum Gasteiger partial charge on any atom is 0.286 e. The Morgan fingerprint density at radius 3 is 2.48 bits per heavy atom. The van der Waals surface area contributed by atoms with E-state index < -0.39 is 33.6 Å². The van der Waals surface area contributed by atoms with Crippen molar-refractivity contribution in [2.45, 2.75) is 0 Å². The number of rotatable bonds is 3. The predicted octanol–water partition coefficient (Wildman–Crippen LogP) is 3.92. The molecule has 0 aliphatic heterocycles. The Kier molecular flexibility index (Phi) is 4.34. The number of aromatic nitrogens is 2. The molecule has 8 heteroatoms. The molecule has 130 valence electrons. The zero-order valence-corrected chi connectivity index (χ0v) is 13.9. The summed E-state index contributed by atoms with van der Waals surface area (Å²) in [4.78, 5) is 12.3. The van der Waals surface area contributed by atoms with Gasteiger partial charge in [0.2, 0.25) is 0 Å². The lowest BCUT2D eigenvalue weighted by atomic mass is 10.1. The Morgan fingerprint density at radius 2 is 1.84 bits per heavy atom. The molecule has 0 bridgehead atoms. The molecule has 0 aliphatic carbocycles. The van der Waals surface area contributed by atoms with E-state index in [2.05, 4.69) is 0 Å². The first kappa shape index (κ1) is 17.2.